The van der Waals surface area contributed by atoms with E-state index in [0.29, 0.717) is 26.0 Å². The topological polar surface area (TPSA) is 53.7 Å². The van der Waals surface area contributed by atoms with Gasteiger partial charge in [0.05, 0.1) is 6.17 Å². The van der Waals surface area contributed by atoms with Crippen molar-refractivity contribution in [2.75, 3.05) is 26.0 Å². The first-order valence-electron chi connectivity index (χ1n) is 6.36. The molecule has 104 valence electrons. The molecular formula is C13H25NO3Si. The number of rotatable bonds is 7. The zero-order valence-corrected chi connectivity index (χ0v) is 12.6. The second-order valence-corrected chi connectivity index (χ2v) is 5.98. The summed E-state index contributed by atoms with van der Waals surface area (Å²) in [5, 5.41) is 0. The van der Waals surface area contributed by atoms with E-state index in [0.717, 1.165) is 0 Å². The second kappa shape index (κ2) is 11.4. The standard InChI is InChI=1S/C7H19NO3Si.C6H6/c1-4-9-12(7-8,10-5-2)11-6-3;1-2-4-6-5-3-1/h4-8H2,1-3H3;1-6H. The van der Waals surface area contributed by atoms with Crippen molar-refractivity contribution in [3.63, 3.8) is 0 Å². The Labute approximate surface area is 111 Å². The molecule has 0 aliphatic heterocycles. The van der Waals surface area contributed by atoms with Gasteiger partial charge in [0.15, 0.2) is 0 Å². The summed E-state index contributed by atoms with van der Waals surface area (Å²) in [6, 6.07) is 12.0. The summed E-state index contributed by atoms with van der Waals surface area (Å²) < 4.78 is 16.3. The molecule has 0 heterocycles. The molecule has 0 fully saturated rings. The van der Waals surface area contributed by atoms with Crippen LogP contribution in [-0.2, 0) is 13.3 Å². The third-order valence-corrected chi connectivity index (χ3v) is 4.69. The summed E-state index contributed by atoms with van der Waals surface area (Å²) in [5.41, 5.74) is 5.55. The molecular weight excluding hydrogens is 246 g/mol. The van der Waals surface area contributed by atoms with Gasteiger partial charge in [-0.05, 0) is 20.8 Å². The van der Waals surface area contributed by atoms with Crippen LogP contribution in [0.3, 0.4) is 0 Å². The van der Waals surface area contributed by atoms with Crippen LogP contribution in [0.15, 0.2) is 36.4 Å². The Morgan fingerprint density at radius 2 is 1.00 bits per heavy atom. The van der Waals surface area contributed by atoms with Gasteiger partial charge in [-0.1, -0.05) is 36.4 Å². The first kappa shape index (κ1) is 17.3. The van der Waals surface area contributed by atoms with Crippen LogP contribution in [0, 0.1) is 0 Å². The van der Waals surface area contributed by atoms with E-state index in [2.05, 4.69) is 0 Å². The highest BCUT2D eigenvalue weighted by molar-refractivity contribution is 6.60. The van der Waals surface area contributed by atoms with E-state index in [9.17, 15) is 0 Å². The van der Waals surface area contributed by atoms with Crippen molar-refractivity contribution in [1.82, 2.24) is 0 Å². The molecule has 0 unspecified atom stereocenters. The van der Waals surface area contributed by atoms with Gasteiger partial charge in [0.1, 0.15) is 0 Å². The number of nitrogens with two attached hydrogens (primary N) is 1. The molecule has 1 rings (SSSR count). The predicted octanol–water partition coefficient (Wildman–Crippen LogP) is 2.22. The van der Waals surface area contributed by atoms with Crippen LogP contribution in [0.25, 0.3) is 0 Å². The molecule has 0 radical (unpaired) electrons. The Balaban J connectivity index is 0.000000397. The molecule has 4 nitrogen and oxygen atoms in total. The van der Waals surface area contributed by atoms with E-state index in [1.807, 2.05) is 57.2 Å². The average molecular weight is 271 g/mol. The van der Waals surface area contributed by atoms with Crippen molar-refractivity contribution in [3.8, 4) is 0 Å². The van der Waals surface area contributed by atoms with Gasteiger partial charge in [0, 0.05) is 19.8 Å². The fourth-order valence-electron chi connectivity index (χ4n) is 1.35. The minimum Gasteiger partial charge on any atom is -0.373 e. The molecule has 0 aliphatic carbocycles. The van der Waals surface area contributed by atoms with Crippen molar-refractivity contribution in [2.45, 2.75) is 20.8 Å². The first-order valence-corrected chi connectivity index (χ1v) is 8.29. The van der Waals surface area contributed by atoms with Gasteiger partial charge >= 0.3 is 8.80 Å². The summed E-state index contributed by atoms with van der Waals surface area (Å²) in [6.07, 6.45) is 0.350. The minimum absolute atomic E-state index is 0.350. The van der Waals surface area contributed by atoms with Crippen molar-refractivity contribution in [1.29, 1.82) is 0 Å². The highest BCUT2D eigenvalue weighted by atomic mass is 28.4. The molecule has 0 bridgehead atoms. The van der Waals surface area contributed by atoms with Gasteiger partial charge in [0.2, 0.25) is 0 Å². The summed E-state index contributed by atoms with van der Waals surface area (Å²) in [7, 11) is -2.49. The van der Waals surface area contributed by atoms with Gasteiger partial charge in [-0.15, -0.1) is 0 Å². The van der Waals surface area contributed by atoms with E-state index in [-0.39, 0.29) is 0 Å². The summed E-state index contributed by atoms with van der Waals surface area (Å²) in [4.78, 5) is 0. The highest BCUT2D eigenvalue weighted by Crippen LogP contribution is 2.07. The Bertz CT molecular complexity index is 228. The molecule has 0 spiro atoms. The highest BCUT2D eigenvalue weighted by Gasteiger charge is 2.38. The smallest absolute Gasteiger partial charge is 0.373 e. The zero-order valence-electron chi connectivity index (χ0n) is 11.6. The van der Waals surface area contributed by atoms with Gasteiger partial charge < -0.3 is 19.0 Å². The van der Waals surface area contributed by atoms with Crippen molar-refractivity contribution in [3.05, 3.63) is 36.4 Å². The summed E-state index contributed by atoms with van der Waals surface area (Å²) in [6.45, 7) is 7.50. The molecule has 0 amide bonds. The van der Waals surface area contributed by atoms with E-state index in [1.54, 1.807) is 0 Å². The largest absolute Gasteiger partial charge is 0.515 e. The number of hydrogen-bond donors (Lipinski definition) is 1. The average Bonchev–Trinajstić information content (AvgIpc) is 2.42. The van der Waals surface area contributed by atoms with Crippen molar-refractivity contribution >= 4 is 8.80 Å². The third kappa shape index (κ3) is 7.57. The summed E-state index contributed by atoms with van der Waals surface area (Å²) in [5.74, 6) is 0. The molecule has 5 heteroatoms. The number of hydrogen-bond acceptors (Lipinski definition) is 4. The molecule has 18 heavy (non-hydrogen) atoms. The van der Waals surface area contributed by atoms with Crippen LogP contribution in [0.5, 0.6) is 0 Å². The van der Waals surface area contributed by atoms with E-state index >= 15 is 0 Å². The third-order valence-electron chi connectivity index (χ3n) is 2.01. The fourth-order valence-corrected chi connectivity index (χ4v) is 3.27. The molecule has 0 atom stereocenters. The van der Waals surface area contributed by atoms with Gasteiger partial charge in [-0.3, -0.25) is 0 Å². The van der Waals surface area contributed by atoms with Crippen LogP contribution in [0.4, 0.5) is 0 Å². The first-order chi connectivity index (χ1) is 8.74. The number of benzene rings is 1. The monoisotopic (exact) mass is 271 g/mol. The summed E-state index contributed by atoms with van der Waals surface area (Å²) >= 11 is 0. The Kier molecular flexibility index (Phi) is 10.9. The predicted molar refractivity (Wildman–Crippen MR) is 76.1 cm³/mol. The molecule has 0 aromatic heterocycles. The molecule has 0 saturated heterocycles. The second-order valence-electron chi connectivity index (χ2n) is 3.34. The maximum absolute atomic E-state index is 5.55. The van der Waals surface area contributed by atoms with Crippen LogP contribution < -0.4 is 5.73 Å². The molecule has 0 aliphatic rings. The quantitative estimate of drug-likeness (QED) is 0.773. The fraction of sp³-hybridized carbons (Fsp3) is 0.538. The molecule has 0 saturated carbocycles. The van der Waals surface area contributed by atoms with E-state index < -0.39 is 8.80 Å². The van der Waals surface area contributed by atoms with E-state index in [1.165, 1.54) is 0 Å². The lowest BCUT2D eigenvalue weighted by Crippen LogP contribution is -2.52. The maximum atomic E-state index is 5.55. The van der Waals surface area contributed by atoms with Gasteiger partial charge in [-0.2, -0.15) is 0 Å². The lowest BCUT2D eigenvalue weighted by Gasteiger charge is -2.26. The van der Waals surface area contributed by atoms with Crippen molar-refractivity contribution < 1.29 is 13.3 Å². The Morgan fingerprint density at radius 1 is 0.722 bits per heavy atom. The zero-order chi connectivity index (χ0) is 13.7. The lowest BCUT2D eigenvalue weighted by molar-refractivity contribution is 0.0728. The van der Waals surface area contributed by atoms with E-state index in [4.69, 9.17) is 19.0 Å². The van der Waals surface area contributed by atoms with Gasteiger partial charge in [-0.25, -0.2) is 0 Å². The molecule has 2 N–H and O–H groups in total. The van der Waals surface area contributed by atoms with Crippen LogP contribution in [-0.4, -0.2) is 34.8 Å². The molecule has 1 aromatic carbocycles. The van der Waals surface area contributed by atoms with Crippen LogP contribution in [0.2, 0.25) is 0 Å². The Hall–Kier alpha value is -0.723. The SMILES string of the molecule is CCO[Si](CN)(OCC)OCC.c1ccccc1. The normalized spacial score (nSPS) is 10.7. The lowest BCUT2D eigenvalue weighted by atomic mass is 10.4. The maximum Gasteiger partial charge on any atom is 0.515 e. The van der Waals surface area contributed by atoms with Crippen LogP contribution in [0.1, 0.15) is 20.8 Å². The Morgan fingerprint density at radius 3 is 1.17 bits per heavy atom. The minimum atomic E-state index is -2.49. The van der Waals surface area contributed by atoms with Crippen molar-refractivity contribution in [2.24, 2.45) is 5.73 Å². The van der Waals surface area contributed by atoms with Crippen LogP contribution >= 0.6 is 0 Å². The molecule has 1 aromatic rings. The van der Waals surface area contributed by atoms with Gasteiger partial charge in [0.25, 0.3) is 0 Å².